The Kier molecular flexibility index (Phi) is 8.36. The van der Waals surface area contributed by atoms with Crippen LogP contribution in [-0.2, 0) is 11.3 Å². The van der Waals surface area contributed by atoms with E-state index < -0.39 is 30.5 Å². The predicted octanol–water partition coefficient (Wildman–Crippen LogP) is 5.66. The van der Waals surface area contributed by atoms with Gasteiger partial charge in [-0.1, -0.05) is 18.2 Å². The average Bonchev–Trinajstić information content (AvgIpc) is 3.77. The second-order valence-electron chi connectivity index (χ2n) is 15.3. The first-order valence-corrected chi connectivity index (χ1v) is 18.2. The number of aryl methyl sites for hydroxylation is 1. The lowest BCUT2D eigenvalue weighted by molar-refractivity contribution is -0.296. The van der Waals surface area contributed by atoms with Crippen LogP contribution >= 0.6 is 0 Å². The summed E-state index contributed by atoms with van der Waals surface area (Å²) < 4.78 is 49.6. The maximum atomic E-state index is 13.6. The first kappa shape index (κ1) is 34.0. The van der Waals surface area contributed by atoms with Crippen LogP contribution in [0.1, 0.15) is 78.8 Å². The molecule has 4 aliphatic rings. The number of methoxy groups -OCH3 is 1. The third-order valence-corrected chi connectivity index (χ3v) is 11.8. The number of carbonyl (C=O) groups excluding carboxylic acids is 2. The molecular weight excluding hydrogens is 661 g/mol. The fraction of sp³-hybridized carbons (Fsp3) is 0.553. The summed E-state index contributed by atoms with van der Waals surface area (Å²) >= 11 is 0. The van der Waals surface area contributed by atoms with E-state index in [0.717, 1.165) is 65.6 Å². The molecule has 2 saturated heterocycles. The van der Waals surface area contributed by atoms with Gasteiger partial charge in [0.1, 0.15) is 17.0 Å². The molecule has 51 heavy (non-hydrogen) atoms. The molecule has 2 aliphatic carbocycles. The molecule has 0 spiro atoms. The van der Waals surface area contributed by atoms with Crippen molar-refractivity contribution in [2.75, 3.05) is 33.3 Å². The molecule has 0 bridgehead atoms. The highest BCUT2D eigenvalue weighted by molar-refractivity contribution is 5.96. The SMILES string of the molecule is COc1cc(C(=O)N2CCC[C@@H](N)C2)cn2nc(-c3cc4cccc(C5CCN(C(=O)C6CC(O)(C(F)(F)F)C6)CC5)c4n3CC3CC3)c(C)c12. The van der Waals surface area contributed by atoms with Crippen molar-refractivity contribution < 1.29 is 32.6 Å². The summed E-state index contributed by atoms with van der Waals surface area (Å²) in [6.07, 6.45) is 1.45. The number of nitrogens with two attached hydrogens (primary N) is 1. The summed E-state index contributed by atoms with van der Waals surface area (Å²) in [6.45, 7) is 5.01. The van der Waals surface area contributed by atoms with Gasteiger partial charge < -0.3 is 29.9 Å². The molecule has 1 atom stereocenters. The van der Waals surface area contributed by atoms with E-state index in [1.54, 1.807) is 28.8 Å². The number of carbonyl (C=O) groups is 2. The molecule has 13 heteroatoms. The quantitative estimate of drug-likeness (QED) is 0.256. The fourth-order valence-electron chi connectivity index (χ4n) is 8.64. The van der Waals surface area contributed by atoms with E-state index in [2.05, 4.69) is 28.8 Å². The Hall–Kier alpha value is -4.10. The lowest BCUT2D eigenvalue weighted by Crippen LogP contribution is -2.59. The first-order valence-electron chi connectivity index (χ1n) is 18.2. The highest BCUT2D eigenvalue weighted by Crippen LogP contribution is 2.49. The number of amides is 2. The predicted molar refractivity (Wildman–Crippen MR) is 186 cm³/mol. The summed E-state index contributed by atoms with van der Waals surface area (Å²) in [7, 11) is 1.61. The lowest BCUT2D eigenvalue weighted by atomic mass is 9.69. The van der Waals surface area contributed by atoms with Gasteiger partial charge in [0.05, 0.1) is 23.9 Å². The molecule has 8 rings (SSSR count). The number of aliphatic hydroxyl groups is 1. The molecule has 2 amide bonds. The minimum absolute atomic E-state index is 0.0305. The minimum Gasteiger partial charge on any atom is -0.494 e. The first-order chi connectivity index (χ1) is 24.3. The van der Waals surface area contributed by atoms with Crippen molar-refractivity contribution in [3.05, 3.63) is 53.2 Å². The van der Waals surface area contributed by atoms with Crippen molar-refractivity contribution >= 4 is 28.2 Å². The van der Waals surface area contributed by atoms with Crippen molar-refractivity contribution in [2.45, 2.75) is 88.6 Å². The number of fused-ring (bicyclic) bond motifs is 2. The smallest absolute Gasteiger partial charge is 0.417 e. The number of hydrogen-bond acceptors (Lipinski definition) is 6. The number of benzene rings is 1. The molecule has 272 valence electrons. The molecule has 4 aromatic rings. The third-order valence-electron chi connectivity index (χ3n) is 11.8. The molecule has 0 radical (unpaired) electrons. The second-order valence-corrected chi connectivity index (χ2v) is 15.3. The third kappa shape index (κ3) is 5.95. The molecule has 10 nitrogen and oxygen atoms in total. The molecule has 2 saturated carbocycles. The van der Waals surface area contributed by atoms with Crippen molar-refractivity contribution in [1.29, 1.82) is 0 Å². The van der Waals surface area contributed by atoms with Crippen molar-refractivity contribution in [1.82, 2.24) is 24.0 Å². The van der Waals surface area contributed by atoms with E-state index in [1.165, 1.54) is 5.56 Å². The normalized spacial score (nSPS) is 24.7. The molecule has 1 aromatic carbocycles. The lowest BCUT2D eigenvalue weighted by Gasteiger charge is -2.45. The Morgan fingerprint density at radius 2 is 1.78 bits per heavy atom. The van der Waals surface area contributed by atoms with E-state index in [4.69, 9.17) is 15.6 Å². The molecule has 3 aromatic heterocycles. The zero-order valence-electron chi connectivity index (χ0n) is 29.1. The van der Waals surface area contributed by atoms with Crippen LogP contribution in [0.25, 0.3) is 27.8 Å². The van der Waals surface area contributed by atoms with Crippen molar-refractivity contribution in [3.8, 4) is 17.1 Å². The number of hydrogen-bond donors (Lipinski definition) is 2. The summed E-state index contributed by atoms with van der Waals surface area (Å²) in [5.41, 5.74) is 9.86. The van der Waals surface area contributed by atoms with Crippen molar-refractivity contribution in [2.24, 2.45) is 17.6 Å². The zero-order valence-corrected chi connectivity index (χ0v) is 29.1. The number of aromatic nitrogens is 3. The highest BCUT2D eigenvalue weighted by Gasteiger charge is 2.63. The van der Waals surface area contributed by atoms with Crippen LogP contribution in [0.5, 0.6) is 5.75 Å². The number of ether oxygens (including phenoxy) is 1. The van der Waals surface area contributed by atoms with Gasteiger partial charge in [0, 0.05) is 61.8 Å². The Balaban J connectivity index is 1.10. The van der Waals surface area contributed by atoms with Gasteiger partial charge in [-0.05, 0) is 87.8 Å². The zero-order chi connectivity index (χ0) is 35.8. The van der Waals surface area contributed by atoms with E-state index in [9.17, 15) is 27.9 Å². The average molecular weight is 707 g/mol. The summed E-state index contributed by atoms with van der Waals surface area (Å²) in [5.74, 6) is 0.148. The van der Waals surface area contributed by atoms with Gasteiger partial charge in [0.15, 0.2) is 5.60 Å². The molecular formula is C38H45F3N6O4. The molecule has 3 N–H and O–H groups in total. The summed E-state index contributed by atoms with van der Waals surface area (Å²) in [4.78, 5) is 30.2. The summed E-state index contributed by atoms with van der Waals surface area (Å²) in [5, 5.41) is 16.1. The number of halogens is 3. The number of alkyl halides is 3. The van der Waals surface area contributed by atoms with Crippen molar-refractivity contribution in [3.63, 3.8) is 0 Å². The Bertz CT molecular complexity index is 2000. The second kappa shape index (κ2) is 12.5. The monoisotopic (exact) mass is 706 g/mol. The molecule has 2 aliphatic heterocycles. The Labute approximate surface area is 294 Å². The van der Waals surface area contributed by atoms with Gasteiger partial charge in [-0.2, -0.15) is 18.3 Å². The van der Waals surface area contributed by atoms with Crippen LogP contribution in [0.2, 0.25) is 0 Å². The minimum atomic E-state index is -4.72. The van der Waals surface area contributed by atoms with Gasteiger partial charge >= 0.3 is 6.18 Å². The van der Waals surface area contributed by atoms with Gasteiger partial charge in [-0.25, -0.2) is 4.52 Å². The number of piperidine rings is 2. The number of pyridine rings is 1. The van der Waals surface area contributed by atoms with Gasteiger partial charge in [0.2, 0.25) is 5.91 Å². The molecule has 0 unspecified atom stereocenters. The van der Waals surface area contributed by atoms with Gasteiger partial charge in [-0.15, -0.1) is 0 Å². The van der Waals surface area contributed by atoms with Crippen LogP contribution in [-0.4, -0.2) is 92.0 Å². The van der Waals surface area contributed by atoms with E-state index >= 15 is 0 Å². The molecule has 5 heterocycles. The fourth-order valence-corrected chi connectivity index (χ4v) is 8.64. The molecule has 4 fully saturated rings. The standard InChI is InChI=1S/C38H45F3N6O4/c1-22-32(43-47-20-26(16-31(51-2)33(22)47)35(48)45-12-4-6-28(42)21-45)30-15-25-5-3-7-29(34(25)46(30)19-23-8-9-23)24-10-13-44(14-11-24)36(49)27-17-37(50,18-27)38(39,40)41/h3,5,7,15-16,20,23-24,27-28,50H,4,6,8-14,17-19,21,42H2,1-2H3/t27?,28-,37?/m1/s1. The van der Waals surface area contributed by atoms with Crippen LogP contribution in [0, 0.1) is 18.8 Å². The van der Waals surface area contributed by atoms with Crippen LogP contribution in [0.15, 0.2) is 36.5 Å². The van der Waals surface area contributed by atoms with Crippen LogP contribution in [0.4, 0.5) is 13.2 Å². The largest absolute Gasteiger partial charge is 0.494 e. The number of nitrogens with zero attached hydrogens (tertiary/aromatic N) is 5. The van der Waals surface area contributed by atoms with Crippen LogP contribution < -0.4 is 10.5 Å². The topological polar surface area (TPSA) is 118 Å². The summed E-state index contributed by atoms with van der Waals surface area (Å²) in [6, 6.07) is 10.3. The van der Waals surface area contributed by atoms with E-state index in [-0.39, 0.29) is 23.8 Å². The van der Waals surface area contributed by atoms with E-state index in [1.807, 2.05) is 11.8 Å². The van der Waals surface area contributed by atoms with E-state index in [0.29, 0.717) is 56.3 Å². The number of para-hydroxylation sites is 1. The maximum Gasteiger partial charge on any atom is 0.417 e. The Morgan fingerprint density at radius 1 is 1.04 bits per heavy atom. The highest BCUT2D eigenvalue weighted by atomic mass is 19.4. The van der Waals surface area contributed by atoms with Crippen LogP contribution in [0.3, 0.4) is 0 Å². The number of rotatable bonds is 7. The van der Waals surface area contributed by atoms with Gasteiger partial charge in [-0.3, -0.25) is 9.59 Å². The Morgan fingerprint density at radius 3 is 2.45 bits per heavy atom. The maximum absolute atomic E-state index is 13.6. The number of likely N-dealkylation sites (tertiary alicyclic amines) is 2. The van der Waals surface area contributed by atoms with Gasteiger partial charge in [0.25, 0.3) is 5.91 Å².